The van der Waals surface area contributed by atoms with Gasteiger partial charge in [0.05, 0.1) is 18.3 Å². The minimum absolute atomic E-state index is 0.0218. The van der Waals surface area contributed by atoms with E-state index >= 15 is 0 Å². The van der Waals surface area contributed by atoms with Crippen molar-refractivity contribution in [1.82, 2.24) is 0 Å². The van der Waals surface area contributed by atoms with Crippen LogP contribution in [0, 0.1) is 11.8 Å². The van der Waals surface area contributed by atoms with Gasteiger partial charge in [0.2, 0.25) is 0 Å². The van der Waals surface area contributed by atoms with Crippen LogP contribution in [-0.4, -0.2) is 44.7 Å². The molecule has 1 aliphatic rings. The molecule has 0 saturated heterocycles. The summed E-state index contributed by atoms with van der Waals surface area (Å²) in [5.74, 6) is -0.728. The molecule has 5 nitrogen and oxygen atoms in total. The zero-order valence-electron chi connectivity index (χ0n) is 15.5. The number of carboxylic acids is 1. The first-order chi connectivity index (χ1) is 12.0. The molecular weight excluding hydrogens is 320 g/mol. The molecule has 1 aliphatic carbocycles. The minimum Gasteiger partial charge on any atom is -0.481 e. The fourth-order valence-electron chi connectivity index (χ4n) is 3.81. The summed E-state index contributed by atoms with van der Waals surface area (Å²) in [6.07, 6.45) is 10.8. The fourth-order valence-corrected chi connectivity index (χ4v) is 3.81. The van der Waals surface area contributed by atoms with Crippen molar-refractivity contribution in [3.63, 3.8) is 0 Å². The van der Waals surface area contributed by atoms with E-state index in [1.54, 1.807) is 0 Å². The Labute approximate surface area is 151 Å². The topological polar surface area (TPSA) is 98.0 Å². The molecule has 25 heavy (non-hydrogen) atoms. The first kappa shape index (κ1) is 22.1. The van der Waals surface area contributed by atoms with Gasteiger partial charge in [0.25, 0.3) is 0 Å². The molecule has 0 bridgehead atoms. The summed E-state index contributed by atoms with van der Waals surface area (Å²) < 4.78 is 0. The highest BCUT2D eigenvalue weighted by Gasteiger charge is 2.40. The summed E-state index contributed by atoms with van der Waals surface area (Å²) in [4.78, 5) is 10.5. The van der Waals surface area contributed by atoms with Crippen molar-refractivity contribution in [3.8, 4) is 0 Å². The van der Waals surface area contributed by atoms with Gasteiger partial charge < -0.3 is 20.4 Å². The van der Waals surface area contributed by atoms with Gasteiger partial charge in [-0.1, -0.05) is 38.3 Å². The Balaban J connectivity index is 2.36. The van der Waals surface area contributed by atoms with Crippen LogP contribution in [0.4, 0.5) is 0 Å². The number of aliphatic hydroxyl groups excluding tert-OH is 3. The van der Waals surface area contributed by atoms with E-state index in [-0.39, 0.29) is 24.4 Å². The van der Waals surface area contributed by atoms with Crippen LogP contribution in [0.25, 0.3) is 0 Å². The molecule has 0 aliphatic heterocycles. The van der Waals surface area contributed by atoms with E-state index < -0.39 is 18.2 Å². The molecule has 0 aromatic carbocycles. The molecule has 146 valence electrons. The second-order valence-electron chi connectivity index (χ2n) is 7.42. The fraction of sp³-hybridized carbons (Fsp3) is 0.850. The van der Waals surface area contributed by atoms with E-state index in [2.05, 4.69) is 6.92 Å². The molecule has 0 aromatic heterocycles. The molecule has 0 amide bonds. The zero-order valence-corrected chi connectivity index (χ0v) is 15.5. The molecular formula is C20H36O5. The highest BCUT2D eigenvalue weighted by Crippen LogP contribution is 2.38. The van der Waals surface area contributed by atoms with Crippen molar-refractivity contribution in [1.29, 1.82) is 0 Å². The normalized spacial score (nSPS) is 27.8. The number of aliphatic hydroxyl groups is 3. The molecule has 4 N–H and O–H groups in total. The predicted octanol–water partition coefficient (Wildman–Crippen LogP) is 3.27. The SMILES string of the molecule is CCCCCC(O)CC[C@@H]1[C@@H](CC=CCCCC(=O)O)[C@@H](O)C[C@H]1O. The maximum Gasteiger partial charge on any atom is 0.303 e. The van der Waals surface area contributed by atoms with Crippen LogP contribution >= 0.6 is 0 Å². The number of carbonyl (C=O) groups is 1. The molecule has 5 heteroatoms. The van der Waals surface area contributed by atoms with Gasteiger partial charge in [-0.25, -0.2) is 0 Å². The third-order valence-electron chi connectivity index (χ3n) is 5.33. The van der Waals surface area contributed by atoms with Gasteiger partial charge in [-0.2, -0.15) is 0 Å². The number of rotatable bonds is 13. The third kappa shape index (κ3) is 8.84. The van der Waals surface area contributed by atoms with Gasteiger partial charge in [-0.3, -0.25) is 4.79 Å². The van der Waals surface area contributed by atoms with Gasteiger partial charge in [-0.15, -0.1) is 0 Å². The van der Waals surface area contributed by atoms with Crippen LogP contribution in [0.1, 0.15) is 77.6 Å². The van der Waals surface area contributed by atoms with E-state index in [1.165, 1.54) is 0 Å². The van der Waals surface area contributed by atoms with Crippen molar-refractivity contribution in [2.45, 2.75) is 95.9 Å². The molecule has 0 aromatic rings. The van der Waals surface area contributed by atoms with Gasteiger partial charge in [0.1, 0.15) is 0 Å². The first-order valence-corrected chi connectivity index (χ1v) is 9.86. The quantitative estimate of drug-likeness (QED) is 0.300. The molecule has 1 fully saturated rings. The Morgan fingerprint density at radius 2 is 1.80 bits per heavy atom. The van der Waals surface area contributed by atoms with Crippen LogP contribution in [0.5, 0.6) is 0 Å². The van der Waals surface area contributed by atoms with Gasteiger partial charge in [0, 0.05) is 6.42 Å². The number of allylic oxidation sites excluding steroid dienone is 2. The molecule has 5 atom stereocenters. The van der Waals surface area contributed by atoms with E-state index in [9.17, 15) is 20.1 Å². The molecule has 0 heterocycles. The van der Waals surface area contributed by atoms with Crippen molar-refractivity contribution >= 4 is 5.97 Å². The van der Waals surface area contributed by atoms with E-state index in [0.29, 0.717) is 25.7 Å². The van der Waals surface area contributed by atoms with Crippen molar-refractivity contribution in [2.24, 2.45) is 11.8 Å². The average molecular weight is 357 g/mol. The summed E-state index contributed by atoms with van der Waals surface area (Å²) >= 11 is 0. The maximum absolute atomic E-state index is 10.5. The lowest BCUT2D eigenvalue weighted by Crippen LogP contribution is -2.23. The number of hydrogen-bond donors (Lipinski definition) is 4. The van der Waals surface area contributed by atoms with E-state index in [1.807, 2.05) is 12.2 Å². The summed E-state index contributed by atoms with van der Waals surface area (Å²) in [7, 11) is 0. The predicted molar refractivity (Wildman–Crippen MR) is 98.2 cm³/mol. The number of aliphatic carboxylic acids is 1. The summed E-state index contributed by atoms with van der Waals surface area (Å²) in [5, 5.41) is 39.1. The second-order valence-corrected chi connectivity index (χ2v) is 7.42. The Morgan fingerprint density at radius 3 is 2.48 bits per heavy atom. The Bertz CT molecular complexity index is 396. The van der Waals surface area contributed by atoms with Crippen LogP contribution in [0.15, 0.2) is 12.2 Å². The number of hydrogen-bond acceptors (Lipinski definition) is 4. The lowest BCUT2D eigenvalue weighted by Gasteiger charge is -2.23. The lowest BCUT2D eigenvalue weighted by molar-refractivity contribution is -0.137. The highest BCUT2D eigenvalue weighted by atomic mass is 16.4. The maximum atomic E-state index is 10.5. The summed E-state index contributed by atoms with van der Waals surface area (Å²) in [5.41, 5.74) is 0. The zero-order chi connectivity index (χ0) is 18.7. The highest BCUT2D eigenvalue weighted by molar-refractivity contribution is 5.66. The van der Waals surface area contributed by atoms with E-state index in [0.717, 1.165) is 38.5 Å². The Morgan fingerprint density at radius 1 is 1.08 bits per heavy atom. The molecule has 1 rings (SSSR count). The summed E-state index contributed by atoms with van der Waals surface area (Å²) in [6.45, 7) is 2.14. The molecule has 0 spiro atoms. The smallest absolute Gasteiger partial charge is 0.303 e. The van der Waals surface area contributed by atoms with Crippen LogP contribution in [-0.2, 0) is 4.79 Å². The minimum atomic E-state index is -0.778. The van der Waals surface area contributed by atoms with Crippen molar-refractivity contribution < 1.29 is 25.2 Å². The van der Waals surface area contributed by atoms with Crippen LogP contribution in [0.3, 0.4) is 0 Å². The van der Waals surface area contributed by atoms with Gasteiger partial charge in [-0.05, 0) is 56.8 Å². The lowest BCUT2D eigenvalue weighted by atomic mass is 9.85. The number of carboxylic acid groups (broad SMARTS) is 1. The standard InChI is InChI=1S/C20H36O5/c1-2-3-6-9-15(21)12-13-17-16(18(22)14-19(17)23)10-7-4-5-8-11-20(24)25/h4,7,15-19,21-23H,2-3,5-6,8-14H2,1H3,(H,24,25)/t15?,16-,17-,18+,19-/m1/s1. The molecule has 1 unspecified atom stereocenters. The van der Waals surface area contributed by atoms with Crippen LogP contribution < -0.4 is 0 Å². The van der Waals surface area contributed by atoms with Crippen molar-refractivity contribution in [2.75, 3.05) is 0 Å². The molecule has 0 radical (unpaired) electrons. The average Bonchev–Trinajstić information content (AvgIpc) is 2.82. The number of unbranched alkanes of at least 4 members (excludes halogenated alkanes) is 3. The Hall–Kier alpha value is -0.910. The largest absolute Gasteiger partial charge is 0.481 e. The second kappa shape index (κ2) is 12.4. The molecule has 1 saturated carbocycles. The van der Waals surface area contributed by atoms with Crippen molar-refractivity contribution in [3.05, 3.63) is 12.2 Å². The van der Waals surface area contributed by atoms with Gasteiger partial charge >= 0.3 is 5.97 Å². The Kier molecular flexibility index (Phi) is 11.0. The van der Waals surface area contributed by atoms with E-state index in [4.69, 9.17) is 5.11 Å². The third-order valence-corrected chi connectivity index (χ3v) is 5.33. The summed E-state index contributed by atoms with van der Waals surface area (Å²) in [6, 6.07) is 0. The van der Waals surface area contributed by atoms with Crippen LogP contribution in [0.2, 0.25) is 0 Å². The first-order valence-electron chi connectivity index (χ1n) is 9.86. The van der Waals surface area contributed by atoms with Gasteiger partial charge in [0.15, 0.2) is 0 Å². The monoisotopic (exact) mass is 356 g/mol.